The summed E-state index contributed by atoms with van der Waals surface area (Å²) in [6.45, 7) is 3.11. The fraction of sp³-hybridized carbons (Fsp3) is 0.350. The summed E-state index contributed by atoms with van der Waals surface area (Å²) in [4.78, 5) is 14.4. The summed E-state index contributed by atoms with van der Waals surface area (Å²) in [6, 6.07) is 16.5. The molecule has 3 rings (SSSR count). The quantitative estimate of drug-likeness (QED) is 0.719. The molecule has 0 N–H and O–H groups in total. The van der Waals surface area contributed by atoms with Gasteiger partial charge < -0.3 is 4.90 Å². The summed E-state index contributed by atoms with van der Waals surface area (Å²) < 4.78 is 28.8. The summed E-state index contributed by atoms with van der Waals surface area (Å²) >= 11 is 6.19. The molecule has 0 spiro atoms. The third-order valence-electron chi connectivity index (χ3n) is 4.77. The van der Waals surface area contributed by atoms with Crippen molar-refractivity contribution in [3.05, 3.63) is 65.2 Å². The molecule has 0 aliphatic carbocycles. The molecule has 1 fully saturated rings. The van der Waals surface area contributed by atoms with Gasteiger partial charge in [0.25, 0.3) is 10.2 Å². The number of rotatable bonds is 6. The first kappa shape index (κ1) is 20.8. The zero-order chi connectivity index (χ0) is 20.1. The first-order chi connectivity index (χ1) is 13.4. The van der Waals surface area contributed by atoms with Crippen LogP contribution in [0.3, 0.4) is 0 Å². The SMILES string of the molecule is CCN(C(=O)CN1CCCN(Cc2ccccc2Cl)S1(=O)=O)c1ccccc1. The highest BCUT2D eigenvalue weighted by Gasteiger charge is 2.35. The third-order valence-corrected chi connectivity index (χ3v) is 7.07. The molecule has 0 saturated carbocycles. The van der Waals surface area contributed by atoms with E-state index in [4.69, 9.17) is 11.6 Å². The molecule has 0 atom stereocenters. The minimum Gasteiger partial charge on any atom is -0.312 e. The van der Waals surface area contributed by atoms with E-state index in [9.17, 15) is 13.2 Å². The van der Waals surface area contributed by atoms with Crippen molar-refractivity contribution in [2.45, 2.75) is 19.9 Å². The minimum absolute atomic E-state index is 0.176. The highest BCUT2D eigenvalue weighted by atomic mass is 35.5. The van der Waals surface area contributed by atoms with Crippen molar-refractivity contribution in [3.63, 3.8) is 0 Å². The smallest absolute Gasteiger partial charge is 0.282 e. The number of para-hydroxylation sites is 1. The average molecular weight is 422 g/mol. The lowest BCUT2D eigenvalue weighted by molar-refractivity contribution is -0.118. The van der Waals surface area contributed by atoms with Crippen LogP contribution in [0.15, 0.2) is 54.6 Å². The summed E-state index contributed by atoms with van der Waals surface area (Å²) in [5, 5.41) is 0.534. The summed E-state index contributed by atoms with van der Waals surface area (Å²) in [6.07, 6.45) is 0.661. The lowest BCUT2D eigenvalue weighted by Gasteiger charge is -2.35. The second-order valence-corrected chi connectivity index (χ2v) is 8.93. The fourth-order valence-electron chi connectivity index (χ4n) is 3.30. The van der Waals surface area contributed by atoms with Crippen LogP contribution in [0.5, 0.6) is 0 Å². The van der Waals surface area contributed by atoms with E-state index in [0.29, 0.717) is 31.1 Å². The molecule has 2 aromatic rings. The van der Waals surface area contributed by atoms with E-state index >= 15 is 0 Å². The molecule has 1 heterocycles. The van der Waals surface area contributed by atoms with Gasteiger partial charge >= 0.3 is 0 Å². The first-order valence-corrected chi connectivity index (χ1v) is 11.0. The van der Waals surface area contributed by atoms with Gasteiger partial charge in [0, 0.05) is 36.9 Å². The van der Waals surface area contributed by atoms with Gasteiger partial charge in [0.05, 0.1) is 6.54 Å². The Labute approximate surface area is 171 Å². The summed E-state index contributed by atoms with van der Waals surface area (Å²) in [7, 11) is -3.74. The molecule has 0 bridgehead atoms. The van der Waals surface area contributed by atoms with Crippen molar-refractivity contribution < 1.29 is 13.2 Å². The van der Waals surface area contributed by atoms with E-state index in [1.54, 1.807) is 11.0 Å². The van der Waals surface area contributed by atoms with Crippen LogP contribution >= 0.6 is 11.6 Å². The Morgan fingerprint density at radius 3 is 2.36 bits per heavy atom. The van der Waals surface area contributed by atoms with E-state index in [1.807, 2.05) is 55.5 Å². The molecular weight excluding hydrogens is 398 g/mol. The number of hydrogen-bond donors (Lipinski definition) is 0. The van der Waals surface area contributed by atoms with Crippen molar-refractivity contribution in [1.82, 2.24) is 8.61 Å². The number of carbonyl (C=O) groups excluding carboxylic acids is 1. The van der Waals surface area contributed by atoms with Crippen LogP contribution in [-0.2, 0) is 21.5 Å². The van der Waals surface area contributed by atoms with Gasteiger partial charge in [-0.15, -0.1) is 0 Å². The molecule has 0 unspecified atom stereocenters. The van der Waals surface area contributed by atoms with Gasteiger partial charge in [-0.2, -0.15) is 17.0 Å². The van der Waals surface area contributed by atoms with Gasteiger partial charge in [-0.25, -0.2) is 0 Å². The highest BCUT2D eigenvalue weighted by molar-refractivity contribution is 7.86. The van der Waals surface area contributed by atoms with Crippen molar-refractivity contribution in [1.29, 1.82) is 0 Å². The van der Waals surface area contributed by atoms with Gasteiger partial charge in [0.15, 0.2) is 0 Å². The summed E-state index contributed by atoms with van der Waals surface area (Å²) in [5.41, 5.74) is 1.51. The number of benzene rings is 2. The Kier molecular flexibility index (Phi) is 6.72. The van der Waals surface area contributed by atoms with Crippen molar-refractivity contribution in [3.8, 4) is 0 Å². The van der Waals surface area contributed by atoms with Gasteiger partial charge in [-0.3, -0.25) is 4.79 Å². The number of carbonyl (C=O) groups is 1. The molecule has 6 nitrogen and oxygen atoms in total. The maximum Gasteiger partial charge on any atom is 0.282 e. The molecule has 0 aromatic heterocycles. The van der Waals surface area contributed by atoms with Crippen LogP contribution in [0.4, 0.5) is 5.69 Å². The number of likely N-dealkylation sites (N-methyl/N-ethyl adjacent to an activating group) is 1. The van der Waals surface area contributed by atoms with Crippen LogP contribution in [0, 0.1) is 0 Å². The molecule has 28 heavy (non-hydrogen) atoms. The predicted molar refractivity (Wildman–Crippen MR) is 111 cm³/mol. The van der Waals surface area contributed by atoms with E-state index in [0.717, 1.165) is 11.3 Å². The zero-order valence-corrected chi connectivity index (χ0v) is 17.4. The van der Waals surface area contributed by atoms with Gasteiger partial charge in [0.2, 0.25) is 5.91 Å². The normalized spacial score (nSPS) is 17.4. The van der Waals surface area contributed by atoms with Gasteiger partial charge in [0.1, 0.15) is 0 Å². The second-order valence-electron chi connectivity index (χ2n) is 6.59. The zero-order valence-electron chi connectivity index (χ0n) is 15.8. The molecule has 1 saturated heterocycles. The lowest BCUT2D eigenvalue weighted by Crippen LogP contribution is -2.52. The van der Waals surface area contributed by atoms with E-state index in [-0.39, 0.29) is 19.0 Å². The molecule has 1 amide bonds. The Morgan fingerprint density at radius 1 is 1.04 bits per heavy atom. The van der Waals surface area contributed by atoms with E-state index < -0.39 is 10.2 Å². The molecule has 1 aliphatic rings. The Balaban J connectivity index is 1.75. The number of nitrogens with zero attached hydrogens (tertiary/aromatic N) is 3. The van der Waals surface area contributed by atoms with Crippen LogP contribution in [0.25, 0.3) is 0 Å². The van der Waals surface area contributed by atoms with Crippen LogP contribution < -0.4 is 4.90 Å². The van der Waals surface area contributed by atoms with E-state index in [1.165, 1.54) is 8.61 Å². The molecule has 150 valence electrons. The molecule has 2 aromatic carbocycles. The number of halogens is 1. The maximum atomic E-state index is 13.0. The van der Waals surface area contributed by atoms with E-state index in [2.05, 4.69) is 0 Å². The Hall–Kier alpha value is -1.93. The number of amides is 1. The standard InChI is InChI=1S/C20H24ClN3O3S/c1-2-24(18-10-4-3-5-11-18)20(25)16-23-14-8-13-22(28(23,26)27)15-17-9-6-7-12-19(17)21/h3-7,9-12H,2,8,13-16H2,1H3. The monoisotopic (exact) mass is 421 g/mol. The number of hydrogen-bond acceptors (Lipinski definition) is 3. The van der Waals surface area contributed by atoms with Crippen molar-refractivity contribution in [2.24, 2.45) is 0 Å². The molecule has 8 heteroatoms. The molecule has 1 aliphatic heterocycles. The van der Waals surface area contributed by atoms with Crippen LogP contribution in [0.2, 0.25) is 5.02 Å². The van der Waals surface area contributed by atoms with Crippen molar-refractivity contribution >= 4 is 33.4 Å². The highest BCUT2D eigenvalue weighted by Crippen LogP contribution is 2.23. The third kappa shape index (κ3) is 4.55. The minimum atomic E-state index is -3.74. The maximum absolute atomic E-state index is 13.0. The fourth-order valence-corrected chi connectivity index (χ4v) is 5.12. The van der Waals surface area contributed by atoms with Crippen LogP contribution in [-0.4, -0.2) is 49.1 Å². The lowest BCUT2D eigenvalue weighted by atomic mass is 10.2. The number of anilines is 1. The largest absolute Gasteiger partial charge is 0.312 e. The topological polar surface area (TPSA) is 60.9 Å². The van der Waals surface area contributed by atoms with Crippen molar-refractivity contribution in [2.75, 3.05) is 31.1 Å². The first-order valence-electron chi connectivity index (χ1n) is 9.27. The Bertz CT molecular complexity index is 921. The second kappa shape index (κ2) is 9.05. The predicted octanol–water partition coefficient (Wildman–Crippen LogP) is 3.15. The molecular formula is C20H24ClN3O3S. The van der Waals surface area contributed by atoms with Gasteiger partial charge in [-0.05, 0) is 37.1 Å². The van der Waals surface area contributed by atoms with Gasteiger partial charge in [-0.1, -0.05) is 48.0 Å². The van der Waals surface area contributed by atoms with Crippen LogP contribution in [0.1, 0.15) is 18.9 Å². The average Bonchev–Trinajstić information content (AvgIpc) is 2.68. The molecule has 0 radical (unpaired) electrons. The Morgan fingerprint density at radius 2 is 1.68 bits per heavy atom. The summed E-state index contributed by atoms with van der Waals surface area (Å²) in [5.74, 6) is -0.239.